The summed E-state index contributed by atoms with van der Waals surface area (Å²) in [6, 6.07) is 6.02. The monoisotopic (exact) mass is 285 g/mol. The topological polar surface area (TPSA) is 40.5 Å². The Kier molecular flexibility index (Phi) is 5.03. The minimum Gasteiger partial charge on any atom is -0.384 e. The number of nitrogens with zero attached hydrogens (tertiary/aromatic N) is 1. The van der Waals surface area contributed by atoms with E-state index in [1.165, 1.54) is 0 Å². The second-order valence-corrected chi connectivity index (χ2v) is 6.00. The van der Waals surface area contributed by atoms with E-state index in [4.69, 9.17) is 5.11 Å². The van der Waals surface area contributed by atoms with Gasteiger partial charge in [-0.25, -0.2) is 0 Å². The molecule has 1 heterocycles. The van der Waals surface area contributed by atoms with Crippen LogP contribution in [0.5, 0.6) is 0 Å². The van der Waals surface area contributed by atoms with Crippen LogP contribution in [-0.4, -0.2) is 35.1 Å². The maximum atomic E-state index is 12.8. The van der Waals surface area contributed by atoms with Crippen LogP contribution in [0.4, 0.5) is 0 Å². The van der Waals surface area contributed by atoms with Crippen LogP contribution in [0.15, 0.2) is 18.2 Å². The van der Waals surface area contributed by atoms with E-state index < -0.39 is 0 Å². The smallest absolute Gasteiger partial charge is 0.254 e. The maximum absolute atomic E-state index is 12.8. The summed E-state index contributed by atoms with van der Waals surface area (Å²) in [7, 11) is 0. The third-order valence-corrected chi connectivity index (χ3v) is 3.97. The van der Waals surface area contributed by atoms with Crippen molar-refractivity contribution < 1.29 is 9.90 Å². The first-order valence-corrected chi connectivity index (χ1v) is 7.55. The number of carbonyl (C=O) groups excluding carboxylic acids is 1. The van der Waals surface area contributed by atoms with Crippen molar-refractivity contribution >= 4 is 5.91 Å². The molecule has 1 unspecified atom stereocenters. The summed E-state index contributed by atoms with van der Waals surface area (Å²) in [5.41, 5.74) is 2.50. The minimum atomic E-state index is -0.168. The van der Waals surface area contributed by atoms with Crippen LogP contribution in [-0.2, 0) is 0 Å². The first kappa shape index (κ1) is 15.6. The van der Waals surface area contributed by atoms with Gasteiger partial charge in [-0.2, -0.15) is 0 Å². The Bertz CT molecular complexity index is 581. The van der Waals surface area contributed by atoms with Gasteiger partial charge in [-0.1, -0.05) is 25.7 Å². The molecule has 2 rings (SSSR count). The number of likely N-dealkylation sites (tertiary alicyclic amines) is 1. The largest absolute Gasteiger partial charge is 0.384 e. The van der Waals surface area contributed by atoms with Crippen LogP contribution >= 0.6 is 0 Å². The van der Waals surface area contributed by atoms with Gasteiger partial charge in [0.25, 0.3) is 5.91 Å². The van der Waals surface area contributed by atoms with Gasteiger partial charge >= 0.3 is 0 Å². The van der Waals surface area contributed by atoms with Gasteiger partial charge in [0.2, 0.25) is 0 Å². The molecule has 1 aromatic carbocycles. The molecule has 1 aliphatic rings. The van der Waals surface area contributed by atoms with Crippen LogP contribution in [0.2, 0.25) is 0 Å². The van der Waals surface area contributed by atoms with Gasteiger partial charge in [0.05, 0.1) is 0 Å². The number of hydrogen-bond acceptors (Lipinski definition) is 2. The molecule has 21 heavy (non-hydrogen) atoms. The highest BCUT2D eigenvalue weighted by molar-refractivity contribution is 5.95. The molecule has 1 amide bonds. The van der Waals surface area contributed by atoms with Crippen molar-refractivity contribution in [3.8, 4) is 11.8 Å². The average Bonchev–Trinajstić information content (AvgIpc) is 2.93. The first-order chi connectivity index (χ1) is 10.0. The zero-order chi connectivity index (χ0) is 15.4. The molecular formula is C18H23NO2. The molecule has 3 nitrogen and oxygen atoms in total. The standard InChI is InChI=1S/C18H23NO2/c1-13(2)17-7-4-8-19(17)18(21)16-11-14(3)10-15(12-16)6-5-9-20/h10-13,17,20H,4,7-9H2,1-3H3. The molecule has 0 spiro atoms. The van der Waals surface area contributed by atoms with Gasteiger partial charge in [-0.15, -0.1) is 0 Å². The van der Waals surface area contributed by atoms with Crippen LogP contribution in [0.3, 0.4) is 0 Å². The van der Waals surface area contributed by atoms with Gasteiger partial charge in [-0.05, 0) is 49.4 Å². The van der Waals surface area contributed by atoms with Gasteiger partial charge in [0.15, 0.2) is 0 Å². The van der Waals surface area contributed by atoms with Crippen molar-refractivity contribution in [2.24, 2.45) is 5.92 Å². The Labute approximate surface area is 127 Å². The summed E-state index contributed by atoms with van der Waals surface area (Å²) < 4.78 is 0. The quantitative estimate of drug-likeness (QED) is 0.849. The molecule has 1 atom stereocenters. The number of rotatable bonds is 2. The van der Waals surface area contributed by atoms with Crippen LogP contribution in [0.25, 0.3) is 0 Å². The predicted molar refractivity (Wildman–Crippen MR) is 84.0 cm³/mol. The number of hydrogen-bond donors (Lipinski definition) is 1. The number of aryl methyl sites for hydroxylation is 1. The van der Waals surface area contributed by atoms with E-state index in [0.717, 1.165) is 30.5 Å². The first-order valence-electron chi connectivity index (χ1n) is 7.55. The van der Waals surface area contributed by atoms with E-state index >= 15 is 0 Å². The molecule has 0 aromatic heterocycles. The average molecular weight is 285 g/mol. The number of aliphatic hydroxyl groups excluding tert-OH is 1. The van der Waals surface area contributed by atoms with Crippen LogP contribution < -0.4 is 0 Å². The molecule has 1 N–H and O–H groups in total. The minimum absolute atomic E-state index is 0.0990. The predicted octanol–water partition coefficient (Wildman–Crippen LogP) is 2.60. The fourth-order valence-corrected chi connectivity index (χ4v) is 3.02. The highest BCUT2D eigenvalue weighted by atomic mass is 16.2. The molecular weight excluding hydrogens is 262 g/mol. The van der Waals surface area contributed by atoms with Crippen LogP contribution in [0, 0.1) is 24.7 Å². The molecule has 0 radical (unpaired) electrons. The lowest BCUT2D eigenvalue weighted by Crippen LogP contribution is -2.38. The number of carbonyl (C=O) groups is 1. The lowest BCUT2D eigenvalue weighted by molar-refractivity contribution is 0.0701. The molecule has 1 fully saturated rings. The van der Waals surface area contributed by atoms with E-state index in [2.05, 4.69) is 25.7 Å². The lowest BCUT2D eigenvalue weighted by Gasteiger charge is -2.28. The third-order valence-electron chi connectivity index (χ3n) is 3.97. The van der Waals surface area contributed by atoms with Crippen molar-refractivity contribution in [3.63, 3.8) is 0 Å². The fourth-order valence-electron chi connectivity index (χ4n) is 3.02. The van der Waals surface area contributed by atoms with Gasteiger partial charge in [0.1, 0.15) is 6.61 Å². The van der Waals surface area contributed by atoms with Gasteiger partial charge < -0.3 is 10.0 Å². The number of aliphatic hydroxyl groups is 1. The third kappa shape index (κ3) is 3.65. The fraction of sp³-hybridized carbons (Fsp3) is 0.500. The van der Waals surface area contributed by atoms with Crippen molar-refractivity contribution in [2.75, 3.05) is 13.2 Å². The van der Waals surface area contributed by atoms with E-state index in [-0.39, 0.29) is 12.5 Å². The van der Waals surface area contributed by atoms with Gasteiger partial charge in [-0.3, -0.25) is 4.79 Å². The van der Waals surface area contributed by atoms with E-state index in [9.17, 15) is 4.79 Å². The van der Waals surface area contributed by atoms with Crippen molar-refractivity contribution in [1.29, 1.82) is 0 Å². The summed E-state index contributed by atoms with van der Waals surface area (Å²) in [6.07, 6.45) is 2.17. The lowest BCUT2D eigenvalue weighted by atomic mass is 10.0. The Morgan fingerprint density at radius 2 is 2.19 bits per heavy atom. The van der Waals surface area contributed by atoms with Crippen LogP contribution in [0.1, 0.15) is 48.2 Å². The van der Waals surface area contributed by atoms with Crippen molar-refractivity contribution in [1.82, 2.24) is 4.90 Å². The SMILES string of the molecule is Cc1cc(C#CCO)cc(C(=O)N2CCCC2C(C)C)c1. The van der Waals surface area contributed by atoms with Gasteiger partial charge in [0, 0.05) is 23.7 Å². The normalized spacial score (nSPS) is 17.8. The zero-order valence-corrected chi connectivity index (χ0v) is 13.0. The van der Waals surface area contributed by atoms with Crippen molar-refractivity contribution in [2.45, 2.75) is 39.7 Å². The highest BCUT2D eigenvalue weighted by Gasteiger charge is 2.31. The molecule has 112 valence electrons. The Balaban J connectivity index is 2.28. The van der Waals surface area contributed by atoms with E-state index in [1.807, 2.05) is 30.0 Å². The zero-order valence-electron chi connectivity index (χ0n) is 13.0. The summed E-state index contributed by atoms with van der Waals surface area (Å²) in [4.78, 5) is 14.8. The highest BCUT2D eigenvalue weighted by Crippen LogP contribution is 2.26. The molecule has 0 saturated carbocycles. The molecule has 3 heteroatoms. The summed E-state index contributed by atoms with van der Waals surface area (Å²) in [5, 5.41) is 8.79. The number of amides is 1. The molecule has 1 saturated heterocycles. The second-order valence-electron chi connectivity index (χ2n) is 6.00. The van der Waals surface area contributed by atoms with E-state index in [0.29, 0.717) is 17.5 Å². The molecule has 1 aliphatic heterocycles. The van der Waals surface area contributed by atoms with E-state index in [1.54, 1.807) is 0 Å². The summed E-state index contributed by atoms with van der Waals surface area (Å²) in [6.45, 7) is 6.98. The Morgan fingerprint density at radius 1 is 1.43 bits per heavy atom. The summed E-state index contributed by atoms with van der Waals surface area (Å²) >= 11 is 0. The Hall–Kier alpha value is -1.79. The number of benzene rings is 1. The molecule has 0 aliphatic carbocycles. The maximum Gasteiger partial charge on any atom is 0.254 e. The second kappa shape index (κ2) is 6.78. The van der Waals surface area contributed by atoms with Crippen molar-refractivity contribution in [3.05, 3.63) is 34.9 Å². The summed E-state index contributed by atoms with van der Waals surface area (Å²) in [5.74, 6) is 6.10. The molecule has 0 bridgehead atoms. The Morgan fingerprint density at radius 3 is 2.86 bits per heavy atom. The molecule has 1 aromatic rings.